The van der Waals surface area contributed by atoms with Crippen molar-refractivity contribution in [3.8, 4) is 0 Å². The summed E-state index contributed by atoms with van der Waals surface area (Å²) in [7, 11) is 0. The van der Waals surface area contributed by atoms with E-state index in [1.165, 1.54) is 12.1 Å². The van der Waals surface area contributed by atoms with Gasteiger partial charge in [-0.15, -0.1) is 0 Å². The second-order valence-corrected chi connectivity index (χ2v) is 9.13. The molecule has 0 aliphatic carbocycles. The van der Waals surface area contributed by atoms with E-state index in [0.717, 1.165) is 35.7 Å². The number of nitrogens with zero attached hydrogens (tertiary/aromatic N) is 4. The molecule has 3 heterocycles. The van der Waals surface area contributed by atoms with Crippen LogP contribution in [-0.2, 0) is 25.2 Å². The number of rotatable bonds is 4. The number of pyridine rings is 1. The van der Waals surface area contributed by atoms with Crippen LogP contribution in [0, 0.1) is 0 Å². The first-order valence-electron chi connectivity index (χ1n) is 11.1. The average molecular weight is 530 g/mol. The maximum Gasteiger partial charge on any atom is 0.417 e. The van der Waals surface area contributed by atoms with E-state index in [1.807, 2.05) is 13.8 Å². The number of halogens is 7. The third-order valence-electron chi connectivity index (χ3n) is 5.80. The highest BCUT2D eigenvalue weighted by molar-refractivity contribution is 6.33. The maximum atomic E-state index is 13.0. The molecule has 0 bridgehead atoms. The zero-order valence-electron chi connectivity index (χ0n) is 19.3. The number of benzene rings is 1. The Morgan fingerprint density at radius 2 is 1.56 bits per heavy atom. The smallest absolute Gasteiger partial charge is 0.355 e. The van der Waals surface area contributed by atoms with Crippen molar-refractivity contribution in [3.05, 3.63) is 69.8 Å². The van der Waals surface area contributed by atoms with Crippen molar-refractivity contribution in [1.29, 1.82) is 0 Å². The Hall–Kier alpha value is -3.08. The molecule has 0 radical (unpaired) electrons. The molecule has 12 heteroatoms. The van der Waals surface area contributed by atoms with Crippen LogP contribution in [0.3, 0.4) is 0 Å². The molecule has 0 amide bonds. The van der Waals surface area contributed by atoms with Crippen LogP contribution in [0.5, 0.6) is 0 Å². The zero-order chi connectivity index (χ0) is 26.3. The lowest BCUT2D eigenvalue weighted by molar-refractivity contribution is -0.138. The van der Waals surface area contributed by atoms with E-state index in [2.05, 4.69) is 20.3 Å². The van der Waals surface area contributed by atoms with Crippen molar-refractivity contribution in [1.82, 2.24) is 15.0 Å². The highest BCUT2D eigenvalue weighted by Crippen LogP contribution is 2.35. The topological polar surface area (TPSA) is 53.9 Å². The van der Waals surface area contributed by atoms with Crippen LogP contribution in [0.4, 0.5) is 43.7 Å². The van der Waals surface area contributed by atoms with Crippen LogP contribution in [-0.4, -0.2) is 28.0 Å². The van der Waals surface area contributed by atoms with Gasteiger partial charge in [-0.1, -0.05) is 25.4 Å². The van der Waals surface area contributed by atoms with Crippen molar-refractivity contribution in [2.45, 2.75) is 45.0 Å². The van der Waals surface area contributed by atoms with Gasteiger partial charge in [-0.25, -0.2) is 15.0 Å². The van der Waals surface area contributed by atoms with E-state index >= 15 is 0 Å². The molecule has 36 heavy (non-hydrogen) atoms. The molecule has 0 spiro atoms. The number of nitrogens with one attached hydrogen (secondary N) is 1. The van der Waals surface area contributed by atoms with Gasteiger partial charge < -0.3 is 10.2 Å². The van der Waals surface area contributed by atoms with Gasteiger partial charge in [0.25, 0.3) is 0 Å². The second-order valence-electron chi connectivity index (χ2n) is 8.72. The minimum Gasteiger partial charge on any atom is -0.355 e. The van der Waals surface area contributed by atoms with Gasteiger partial charge in [0.2, 0.25) is 0 Å². The molecule has 1 N–H and O–H groups in total. The molecule has 0 saturated carbocycles. The van der Waals surface area contributed by atoms with Crippen molar-refractivity contribution in [2.24, 2.45) is 0 Å². The Balaban J connectivity index is 1.63. The Labute approximate surface area is 208 Å². The minimum absolute atomic E-state index is 0.00571. The Bertz CT molecular complexity index is 1240. The molecule has 0 unspecified atom stereocenters. The van der Waals surface area contributed by atoms with Crippen LogP contribution in [0.2, 0.25) is 5.02 Å². The van der Waals surface area contributed by atoms with Gasteiger partial charge in [-0.05, 0) is 36.8 Å². The summed E-state index contributed by atoms with van der Waals surface area (Å²) in [4.78, 5) is 15.1. The first-order valence-corrected chi connectivity index (χ1v) is 11.5. The van der Waals surface area contributed by atoms with Crippen molar-refractivity contribution in [3.63, 3.8) is 0 Å². The molecule has 3 aromatic rings. The molecule has 0 saturated heterocycles. The molecule has 0 atom stereocenters. The first kappa shape index (κ1) is 26.0. The van der Waals surface area contributed by atoms with Crippen LogP contribution < -0.4 is 10.2 Å². The quantitative estimate of drug-likeness (QED) is 0.368. The molecule has 192 valence electrons. The summed E-state index contributed by atoms with van der Waals surface area (Å²) in [6, 6.07) is 5.51. The van der Waals surface area contributed by atoms with Crippen LogP contribution in [0.25, 0.3) is 0 Å². The molecule has 4 rings (SSSR count). The second kappa shape index (κ2) is 9.76. The van der Waals surface area contributed by atoms with Crippen LogP contribution >= 0.6 is 11.6 Å². The molecule has 1 aromatic carbocycles. The van der Waals surface area contributed by atoms with Gasteiger partial charge >= 0.3 is 12.4 Å². The van der Waals surface area contributed by atoms with Gasteiger partial charge in [0.15, 0.2) is 0 Å². The summed E-state index contributed by atoms with van der Waals surface area (Å²) in [5.41, 5.74) is 0.296. The summed E-state index contributed by atoms with van der Waals surface area (Å²) in [5, 5.41) is 3.02. The standard InChI is InChI=1S/C24H22ClF6N5/c1-13(2)20-34-19-8-10-36(22-18(25)11-15(12-32-22)24(29,30)31)9-7-17(19)21(35-20)33-16-5-3-14(4-6-16)23(26,27)28/h3-6,11-13H,7-10H2,1-2H3,(H,33,34,35). The summed E-state index contributed by atoms with van der Waals surface area (Å²) < 4.78 is 77.8. The molecular formula is C24H22ClF6N5. The van der Waals surface area contributed by atoms with Crippen LogP contribution in [0.15, 0.2) is 36.5 Å². The summed E-state index contributed by atoms with van der Waals surface area (Å²) in [6.07, 6.45) is -7.35. The third kappa shape index (κ3) is 5.66. The lowest BCUT2D eigenvalue weighted by Crippen LogP contribution is -2.27. The normalized spacial score (nSPS) is 14.6. The third-order valence-corrected chi connectivity index (χ3v) is 6.08. The molecule has 5 nitrogen and oxygen atoms in total. The van der Waals surface area contributed by atoms with E-state index in [4.69, 9.17) is 11.6 Å². The molecule has 1 aliphatic heterocycles. The lowest BCUT2D eigenvalue weighted by atomic mass is 10.1. The number of fused-ring (bicyclic) bond motifs is 1. The predicted octanol–water partition coefficient (Wildman–Crippen LogP) is 7.03. The SMILES string of the molecule is CC(C)c1nc2c(c(Nc3ccc(C(F)(F)F)cc3)n1)CCN(c1ncc(C(F)(F)F)cc1Cl)CC2. The minimum atomic E-state index is -4.55. The molecular weight excluding hydrogens is 508 g/mol. The van der Waals surface area contributed by atoms with Crippen molar-refractivity contribution in [2.75, 3.05) is 23.3 Å². The van der Waals surface area contributed by atoms with Crippen molar-refractivity contribution >= 4 is 28.9 Å². The van der Waals surface area contributed by atoms with E-state index in [1.54, 1.807) is 4.90 Å². The highest BCUT2D eigenvalue weighted by Gasteiger charge is 2.33. The number of aromatic nitrogens is 3. The maximum absolute atomic E-state index is 13.0. The fourth-order valence-corrected chi connectivity index (χ4v) is 4.18. The fourth-order valence-electron chi connectivity index (χ4n) is 3.89. The van der Waals surface area contributed by atoms with E-state index < -0.39 is 23.5 Å². The van der Waals surface area contributed by atoms with Gasteiger partial charge in [-0.3, -0.25) is 0 Å². The Morgan fingerprint density at radius 3 is 2.14 bits per heavy atom. The summed E-state index contributed by atoms with van der Waals surface area (Å²) >= 11 is 6.16. The zero-order valence-corrected chi connectivity index (χ0v) is 20.1. The fraction of sp³-hybridized carbons (Fsp3) is 0.375. The number of hydrogen-bond acceptors (Lipinski definition) is 5. The summed E-state index contributed by atoms with van der Waals surface area (Å²) in [5.74, 6) is 1.29. The van der Waals surface area contributed by atoms with Crippen LogP contribution in [0.1, 0.15) is 48.0 Å². The lowest BCUT2D eigenvalue weighted by Gasteiger charge is -2.23. The van der Waals surface area contributed by atoms with E-state index in [-0.39, 0.29) is 16.8 Å². The van der Waals surface area contributed by atoms with Crippen molar-refractivity contribution < 1.29 is 26.3 Å². The van der Waals surface area contributed by atoms with Gasteiger partial charge in [0, 0.05) is 42.9 Å². The Morgan fingerprint density at radius 1 is 0.917 bits per heavy atom. The monoisotopic (exact) mass is 529 g/mol. The average Bonchev–Trinajstić information content (AvgIpc) is 3.01. The summed E-state index contributed by atoms with van der Waals surface area (Å²) in [6.45, 7) is 4.66. The number of anilines is 3. The van der Waals surface area contributed by atoms with Gasteiger partial charge in [0.1, 0.15) is 17.5 Å². The Kier molecular flexibility index (Phi) is 7.05. The predicted molar refractivity (Wildman–Crippen MR) is 125 cm³/mol. The van der Waals surface area contributed by atoms with Gasteiger partial charge in [0.05, 0.1) is 21.8 Å². The van der Waals surface area contributed by atoms with Gasteiger partial charge in [-0.2, -0.15) is 26.3 Å². The highest BCUT2D eigenvalue weighted by atomic mass is 35.5. The molecule has 1 aliphatic rings. The number of alkyl halides is 6. The first-order chi connectivity index (χ1) is 16.8. The van der Waals surface area contributed by atoms with E-state index in [0.29, 0.717) is 43.3 Å². The van der Waals surface area contributed by atoms with E-state index in [9.17, 15) is 26.3 Å². The molecule has 0 fully saturated rings. The number of hydrogen-bond donors (Lipinski definition) is 1. The largest absolute Gasteiger partial charge is 0.417 e. The molecule has 2 aromatic heterocycles.